The Morgan fingerprint density at radius 3 is 2.78 bits per heavy atom. The van der Waals surface area contributed by atoms with Crippen LogP contribution >= 0.6 is 46.3 Å². The second kappa shape index (κ2) is 7.31. The summed E-state index contributed by atoms with van der Waals surface area (Å²) in [6.45, 7) is 0.250. The van der Waals surface area contributed by atoms with E-state index in [0.717, 1.165) is 20.8 Å². The van der Waals surface area contributed by atoms with E-state index in [-0.39, 0.29) is 18.9 Å². The van der Waals surface area contributed by atoms with Crippen molar-refractivity contribution in [2.24, 2.45) is 0 Å². The van der Waals surface area contributed by atoms with Crippen molar-refractivity contribution in [1.82, 2.24) is 4.98 Å². The lowest BCUT2D eigenvalue weighted by atomic mass is 10.2. The molecule has 2 aromatic carbocycles. The maximum atomic E-state index is 12.9. The summed E-state index contributed by atoms with van der Waals surface area (Å²) in [6.07, 6.45) is -0.227. The van der Waals surface area contributed by atoms with Crippen LogP contribution in [0, 0.1) is 0 Å². The molecular formula is C18H12Cl2N2O3S2. The highest BCUT2D eigenvalue weighted by Crippen LogP contribution is 2.42. The molecule has 138 valence electrons. The van der Waals surface area contributed by atoms with Gasteiger partial charge in [0.2, 0.25) is 5.91 Å². The molecule has 3 aromatic rings. The summed E-state index contributed by atoms with van der Waals surface area (Å²) >= 11 is 15.0. The maximum absolute atomic E-state index is 12.9. The number of rotatable bonds is 4. The van der Waals surface area contributed by atoms with E-state index in [1.807, 2.05) is 24.3 Å². The lowest BCUT2D eigenvalue weighted by Crippen LogP contribution is -2.41. The molecule has 1 aliphatic heterocycles. The van der Waals surface area contributed by atoms with Crippen molar-refractivity contribution >= 4 is 74.1 Å². The number of carboxylic acids is 1. The molecule has 0 aliphatic carbocycles. The minimum atomic E-state index is -0.999. The first-order valence-corrected chi connectivity index (χ1v) is 10.4. The second-order valence-electron chi connectivity index (χ2n) is 5.91. The number of hydrogen-bond donors (Lipinski definition) is 1. The molecule has 1 atom stereocenters. The molecular weight excluding hydrogens is 427 g/mol. The number of amides is 1. The summed E-state index contributed by atoms with van der Waals surface area (Å²) < 4.78 is 0.772. The van der Waals surface area contributed by atoms with Crippen LogP contribution in [0.4, 0.5) is 5.69 Å². The molecule has 1 N–H and O–H groups in total. The Hall–Kier alpha value is -1.80. The van der Waals surface area contributed by atoms with Crippen LogP contribution in [-0.2, 0) is 16.1 Å². The summed E-state index contributed by atoms with van der Waals surface area (Å²) in [5.41, 5.74) is 1.48. The van der Waals surface area contributed by atoms with E-state index in [2.05, 4.69) is 4.98 Å². The van der Waals surface area contributed by atoms with Gasteiger partial charge in [0, 0.05) is 4.90 Å². The van der Waals surface area contributed by atoms with Gasteiger partial charge < -0.3 is 10.0 Å². The van der Waals surface area contributed by atoms with Gasteiger partial charge in [-0.05, 0) is 24.3 Å². The van der Waals surface area contributed by atoms with E-state index in [9.17, 15) is 9.59 Å². The minimum Gasteiger partial charge on any atom is -0.481 e. The Bertz CT molecular complexity index is 1070. The lowest BCUT2D eigenvalue weighted by Gasteiger charge is -2.32. The monoisotopic (exact) mass is 438 g/mol. The molecule has 27 heavy (non-hydrogen) atoms. The predicted octanol–water partition coefficient (Wildman–Crippen LogP) is 5.09. The number of hydrogen-bond acceptors (Lipinski definition) is 5. The number of aromatic nitrogens is 1. The van der Waals surface area contributed by atoms with Crippen LogP contribution < -0.4 is 4.90 Å². The topological polar surface area (TPSA) is 70.5 Å². The molecule has 4 rings (SSSR count). The molecule has 0 saturated heterocycles. The van der Waals surface area contributed by atoms with Gasteiger partial charge in [0.05, 0.1) is 44.2 Å². The maximum Gasteiger partial charge on any atom is 0.305 e. The van der Waals surface area contributed by atoms with Gasteiger partial charge in [-0.25, -0.2) is 4.98 Å². The molecule has 0 saturated carbocycles. The molecule has 5 nitrogen and oxygen atoms in total. The highest BCUT2D eigenvalue weighted by molar-refractivity contribution is 8.01. The van der Waals surface area contributed by atoms with Crippen LogP contribution in [0.25, 0.3) is 10.2 Å². The Labute approximate surface area is 172 Å². The number of thioether (sulfide) groups is 1. The fourth-order valence-electron chi connectivity index (χ4n) is 2.91. The van der Waals surface area contributed by atoms with E-state index >= 15 is 0 Å². The number of carbonyl (C=O) groups excluding carboxylic acids is 1. The highest BCUT2D eigenvalue weighted by atomic mass is 35.5. The number of nitrogens with zero attached hydrogens (tertiary/aromatic N) is 2. The van der Waals surface area contributed by atoms with Crippen LogP contribution in [0.3, 0.4) is 0 Å². The quantitative estimate of drug-likeness (QED) is 0.614. The Balaban J connectivity index is 1.72. The van der Waals surface area contributed by atoms with E-state index < -0.39 is 11.2 Å². The first kappa shape index (κ1) is 18.6. The van der Waals surface area contributed by atoms with Crippen molar-refractivity contribution < 1.29 is 14.7 Å². The van der Waals surface area contributed by atoms with Crippen molar-refractivity contribution in [3.63, 3.8) is 0 Å². The molecule has 2 heterocycles. The van der Waals surface area contributed by atoms with Gasteiger partial charge in [-0.1, -0.05) is 35.3 Å². The smallest absolute Gasteiger partial charge is 0.305 e. The average Bonchev–Trinajstić information content (AvgIpc) is 3.05. The molecule has 1 aromatic heterocycles. The summed E-state index contributed by atoms with van der Waals surface area (Å²) in [4.78, 5) is 31.1. The van der Waals surface area contributed by atoms with Crippen LogP contribution in [0.15, 0.2) is 41.3 Å². The number of para-hydroxylation sites is 1. The van der Waals surface area contributed by atoms with Crippen LogP contribution in [0.5, 0.6) is 0 Å². The number of benzene rings is 2. The average molecular weight is 439 g/mol. The molecule has 1 unspecified atom stereocenters. The SMILES string of the molecule is O=C(O)CC1Sc2ccccc2N(Cc2nc3ccc(Cl)c(Cl)c3s2)C1=O. The second-order valence-corrected chi connectivity index (χ2v) is 9.03. The third-order valence-electron chi connectivity index (χ3n) is 4.11. The van der Waals surface area contributed by atoms with Gasteiger partial charge >= 0.3 is 5.97 Å². The number of halogens is 2. The van der Waals surface area contributed by atoms with Crippen molar-refractivity contribution in [1.29, 1.82) is 0 Å². The zero-order valence-electron chi connectivity index (χ0n) is 13.7. The normalized spacial score (nSPS) is 16.6. The first-order valence-electron chi connectivity index (χ1n) is 7.96. The van der Waals surface area contributed by atoms with Crippen molar-refractivity contribution in [3.8, 4) is 0 Å². The number of anilines is 1. The van der Waals surface area contributed by atoms with Crippen molar-refractivity contribution in [2.75, 3.05) is 4.90 Å². The Morgan fingerprint density at radius 1 is 1.22 bits per heavy atom. The summed E-state index contributed by atoms with van der Waals surface area (Å²) in [5.74, 6) is -1.23. The largest absolute Gasteiger partial charge is 0.481 e. The summed E-state index contributed by atoms with van der Waals surface area (Å²) in [5, 5.41) is 10.1. The Morgan fingerprint density at radius 2 is 2.00 bits per heavy atom. The lowest BCUT2D eigenvalue weighted by molar-refractivity contribution is -0.138. The third-order valence-corrected chi connectivity index (χ3v) is 7.36. The summed E-state index contributed by atoms with van der Waals surface area (Å²) in [6, 6.07) is 11.0. The van der Waals surface area contributed by atoms with Gasteiger partial charge in [-0.3, -0.25) is 9.59 Å². The number of thiazole rings is 1. The molecule has 0 spiro atoms. The molecule has 1 aliphatic rings. The predicted molar refractivity (Wildman–Crippen MR) is 109 cm³/mol. The highest BCUT2D eigenvalue weighted by Gasteiger charge is 2.35. The molecule has 1 amide bonds. The molecule has 9 heteroatoms. The minimum absolute atomic E-state index is 0.227. The van der Waals surface area contributed by atoms with E-state index in [0.29, 0.717) is 15.1 Å². The number of fused-ring (bicyclic) bond motifs is 2. The number of aliphatic carboxylic acids is 1. The number of carboxylic acid groups (broad SMARTS) is 1. The Kier molecular flexibility index (Phi) is 5.03. The van der Waals surface area contributed by atoms with Gasteiger partial charge in [-0.2, -0.15) is 0 Å². The van der Waals surface area contributed by atoms with Crippen LogP contribution in [0.2, 0.25) is 10.0 Å². The van der Waals surface area contributed by atoms with E-state index in [1.165, 1.54) is 23.1 Å². The fourth-order valence-corrected chi connectivity index (χ4v) is 5.61. The van der Waals surface area contributed by atoms with Crippen LogP contribution in [-0.4, -0.2) is 27.2 Å². The van der Waals surface area contributed by atoms with Gasteiger partial charge in [0.15, 0.2) is 0 Å². The van der Waals surface area contributed by atoms with Gasteiger partial charge in [-0.15, -0.1) is 23.1 Å². The molecule has 0 fully saturated rings. The van der Waals surface area contributed by atoms with Crippen LogP contribution in [0.1, 0.15) is 11.4 Å². The zero-order chi connectivity index (χ0) is 19.1. The van der Waals surface area contributed by atoms with Gasteiger partial charge in [0.25, 0.3) is 0 Å². The standard InChI is InChI=1S/C18H12Cl2N2O3S2/c19-9-5-6-10-17(16(9)20)27-14(21-10)8-22-11-3-1-2-4-12(11)26-13(18(22)25)7-15(23)24/h1-6,13H,7-8H2,(H,23,24). The molecule has 0 bridgehead atoms. The third kappa shape index (κ3) is 3.52. The zero-order valence-corrected chi connectivity index (χ0v) is 16.8. The fraction of sp³-hybridized carbons (Fsp3) is 0.167. The summed E-state index contributed by atoms with van der Waals surface area (Å²) in [7, 11) is 0. The first-order chi connectivity index (χ1) is 12.9. The molecule has 0 radical (unpaired) electrons. The number of carbonyl (C=O) groups is 2. The van der Waals surface area contributed by atoms with Gasteiger partial charge in [0.1, 0.15) is 5.01 Å². The van der Waals surface area contributed by atoms with Crippen molar-refractivity contribution in [2.45, 2.75) is 23.1 Å². The van der Waals surface area contributed by atoms with E-state index in [1.54, 1.807) is 17.0 Å². The van der Waals surface area contributed by atoms with E-state index in [4.69, 9.17) is 28.3 Å². The van der Waals surface area contributed by atoms with Crippen molar-refractivity contribution in [3.05, 3.63) is 51.5 Å².